The van der Waals surface area contributed by atoms with Crippen molar-refractivity contribution >= 4 is 0 Å². The van der Waals surface area contributed by atoms with Crippen LogP contribution >= 0.6 is 0 Å². The molecule has 86 valence electrons. The molecule has 0 atom stereocenters. The van der Waals surface area contributed by atoms with Gasteiger partial charge in [-0.2, -0.15) is 0 Å². The molecule has 0 unspecified atom stereocenters. The summed E-state index contributed by atoms with van der Waals surface area (Å²) in [7, 11) is 2.13. The molecule has 16 heavy (non-hydrogen) atoms. The number of benzene rings is 1. The van der Waals surface area contributed by atoms with Crippen molar-refractivity contribution in [2.24, 2.45) is 0 Å². The SMILES string of the molecule is CN1CCC2(CC1)Cc1ccc(F)cc1O2. The molecule has 3 rings (SSSR count). The second-order valence-corrected chi connectivity index (χ2v) is 5.02. The van der Waals surface area contributed by atoms with Gasteiger partial charge in [-0.25, -0.2) is 4.39 Å². The van der Waals surface area contributed by atoms with Gasteiger partial charge in [0.25, 0.3) is 0 Å². The first-order valence-corrected chi connectivity index (χ1v) is 5.83. The number of rotatable bonds is 0. The quantitative estimate of drug-likeness (QED) is 0.666. The lowest BCUT2D eigenvalue weighted by atomic mass is 9.87. The molecule has 1 fully saturated rings. The first kappa shape index (κ1) is 10.1. The number of hydrogen-bond acceptors (Lipinski definition) is 2. The molecule has 1 saturated heterocycles. The van der Waals surface area contributed by atoms with Crippen LogP contribution in [0.3, 0.4) is 0 Å². The van der Waals surface area contributed by atoms with E-state index in [1.807, 2.05) is 6.07 Å². The van der Waals surface area contributed by atoms with Gasteiger partial charge in [0, 0.05) is 38.4 Å². The molecule has 0 saturated carbocycles. The van der Waals surface area contributed by atoms with E-state index < -0.39 is 0 Å². The van der Waals surface area contributed by atoms with Crippen molar-refractivity contribution in [2.75, 3.05) is 20.1 Å². The van der Waals surface area contributed by atoms with Gasteiger partial charge in [0.15, 0.2) is 0 Å². The van der Waals surface area contributed by atoms with Gasteiger partial charge in [-0.05, 0) is 18.7 Å². The topological polar surface area (TPSA) is 12.5 Å². The van der Waals surface area contributed by atoms with E-state index >= 15 is 0 Å². The largest absolute Gasteiger partial charge is 0.486 e. The molecule has 2 heterocycles. The summed E-state index contributed by atoms with van der Waals surface area (Å²) in [6.07, 6.45) is 3.02. The Bertz CT molecular complexity index is 410. The van der Waals surface area contributed by atoms with Crippen LogP contribution in [-0.2, 0) is 6.42 Å². The molecule has 1 aromatic rings. The van der Waals surface area contributed by atoms with Crippen molar-refractivity contribution in [3.8, 4) is 5.75 Å². The summed E-state index contributed by atoms with van der Waals surface area (Å²) in [4.78, 5) is 2.32. The molecule has 0 bridgehead atoms. The lowest BCUT2D eigenvalue weighted by Gasteiger charge is -2.37. The van der Waals surface area contributed by atoms with Gasteiger partial charge in [-0.15, -0.1) is 0 Å². The minimum absolute atomic E-state index is 0.0529. The molecule has 1 aromatic carbocycles. The maximum absolute atomic E-state index is 13.1. The number of piperidine rings is 1. The highest BCUT2D eigenvalue weighted by Crippen LogP contribution is 2.40. The fourth-order valence-electron chi connectivity index (χ4n) is 2.69. The Morgan fingerprint density at radius 1 is 1.31 bits per heavy atom. The maximum atomic E-state index is 13.1. The zero-order chi connectivity index (χ0) is 11.2. The summed E-state index contributed by atoms with van der Waals surface area (Å²) in [5, 5.41) is 0. The van der Waals surface area contributed by atoms with Crippen LogP contribution in [0, 0.1) is 5.82 Å². The van der Waals surface area contributed by atoms with E-state index in [-0.39, 0.29) is 11.4 Å². The minimum atomic E-state index is -0.205. The third-order valence-corrected chi connectivity index (χ3v) is 3.77. The number of nitrogens with zero attached hydrogens (tertiary/aromatic N) is 1. The molecular weight excluding hydrogens is 205 g/mol. The zero-order valence-electron chi connectivity index (χ0n) is 9.50. The van der Waals surface area contributed by atoms with Crippen molar-refractivity contribution in [1.82, 2.24) is 4.90 Å². The first-order valence-electron chi connectivity index (χ1n) is 5.83. The smallest absolute Gasteiger partial charge is 0.126 e. The van der Waals surface area contributed by atoms with Crippen molar-refractivity contribution in [3.63, 3.8) is 0 Å². The third-order valence-electron chi connectivity index (χ3n) is 3.77. The highest BCUT2D eigenvalue weighted by atomic mass is 19.1. The Hall–Kier alpha value is -1.09. The van der Waals surface area contributed by atoms with Gasteiger partial charge in [0.1, 0.15) is 17.2 Å². The number of likely N-dealkylation sites (tertiary alicyclic amines) is 1. The monoisotopic (exact) mass is 221 g/mol. The predicted octanol–water partition coefficient (Wildman–Crippen LogP) is 2.23. The predicted molar refractivity (Wildman–Crippen MR) is 60.2 cm³/mol. The highest BCUT2D eigenvalue weighted by Gasteiger charge is 2.41. The van der Waals surface area contributed by atoms with E-state index in [9.17, 15) is 4.39 Å². The van der Waals surface area contributed by atoms with Crippen LogP contribution in [0.25, 0.3) is 0 Å². The van der Waals surface area contributed by atoms with Crippen LogP contribution < -0.4 is 4.74 Å². The molecule has 0 aliphatic carbocycles. The summed E-state index contributed by atoms with van der Waals surface area (Å²) in [5.74, 6) is 0.549. The van der Waals surface area contributed by atoms with Gasteiger partial charge in [-0.1, -0.05) is 6.07 Å². The Morgan fingerprint density at radius 2 is 2.06 bits per heavy atom. The summed E-state index contributed by atoms with van der Waals surface area (Å²) in [6.45, 7) is 2.13. The van der Waals surface area contributed by atoms with Crippen LogP contribution in [0.4, 0.5) is 4.39 Å². The highest BCUT2D eigenvalue weighted by molar-refractivity contribution is 5.39. The average Bonchev–Trinajstić information content (AvgIpc) is 2.60. The van der Waals surface area contributed by atoms with Crippen molar-refractivity contribution in [2.45, 2.75) is 24.9 Å². The van der Waals surface area contributed by atoms with Crippen LogP contribution in [0.2, 0.25) is 0 Å². The first-order chi connectivity index (χ1) is 7.67. The van der Waals surface area contributed by atoms with Gasteiger partial charge < -0.3 is 9.64 Å². The van der Waals surface area contributed by atoms with Gasteiger partial charge in [0.05, 0.1) is 0 Å². The van der Waals surface area contributed by atoms with E-state index in [4.69, 9.17) is 4.74 Å². The van der Waals surface area contributed by atoms with Crippen molar-refractivity contribution < 1.29 is 9.13 Å². The van der Waals surface area contributed by atoms with E-state index in [2.05, 4.69) is 11.9 Å². The Balaban J connectivity index is 1.84. The fourth-order valence-corrected chi connectivity index (χ4v) is 2.69. The van der Waals surface area contributed by atoms with Crippen LogP contribution in [-0.4, -0.2) is 30.6 Å². The maximum Gasteiger partial charge on any atom is 0.126 e. The van der Waals surface area contributed by atoms with E-state index in [0.717, 1.165) is 43.7 Å². The van der Waals surface area contributed by atoms with Gasteiger partial charge >= 0.3 is 0 Å². The molecule has 3 heteroatoms. The minimum Gasteiger partial charge on any atom is -0.486 e. The molecule has 2 aliphatic heterocycles. The van der Waals surface area contributed by atoms with E-state index in [0.29, 0.717) is 0 Å². The molecular formula is C13H16FNO. The molecule has 0 N–H and O–H groups in total. The van der Waals surface area contributed by atoms with Crippen molar-refractivity contribution in [3.05, 3.63) is 29.6 Å². The average molecular weight is 221 g/mol. The Kier molecular flexibility index (Phi) is 2.18. The van der Waals surface area contributed by atoms with Crippen LogP contribution in [0.15, 0.2) is 18.2 Å². The molecule has 1 spiro atoms. The lowest BCUT2D eigenvalue weighted by molar-refractivity contribution is 0.0270. The Morgan fingerprint density at radius 3 is 2.81 bits per heavy atom. The van der Waals surface area contributed by atoms with Crippen LogP contribution in [0.5, 0.6) is 5.75 Å². The molecule has 0 radical (unpaired) electrons. The summed E-state index contributed by atoms with van der Waals surface area (Å²) in [6, 6.07) is 4.90. The lowest BCUT2D eigenvalue weighted by Crippen LogP contribution is -2.45. The second kappa shape index (κ2) is 3.45. The van der Waals surface area contributed by atoms with Crippen LogP contribution in [0.1, 0.15) is 18.4 Å². The molecule has 0 aromatic heterocycles. The normalized spacial score (nSPS) is 23.1. The van der Waals surface area contributed by atoms with E-state index in [1.165, 1.54) is 12.1 Å². The number of halogens is 1. The van der Waals surface area contributed by atoms with Crippen molar-refractivity contribution in [1.29, 1.82) is 0 Å². The summed E-state index contributed by atoms with van der Waals surface area (Å²) >= 11 is 0. The number of ether oxygens (including phenoxy) is 1. The molecule has 2 nitrogen and oxygen atoms in total. The fraction of sp³-hybridized carbons (Fsp3) is 0.538. The zero-order valence-corrected chi connectivity index (χ0v) is 9.50. The number of fused-ring (bicyclic) bond motifs is 1. The standard InChI is InChI=1S/C13H16FNO/c1-15-6-4-13(5-7-15)9-10-2-3-11(14)8-12(10)16-13/h2-3,8H,4-7,9H2,1H3. The summed E-state index contributed by atoms with van der Waals surface area (Å²) in [5.41, 5.74) is 1.11. The molecule has 2 aliphatic rings. The number of hydrogen-bond donors (Lipinski definition) is 0. The van der Waals surface area contributed by atoms with Gasteiger partial charge in [-0.3, -0.25) is 0 Å². The van der Waals surface area contributed by atoms with Gasteiger partial charge in [0.2, 0.25) is 0 Å². The second-order valence-electron chi connectivity index (χ2n) is 5.02. The Labute approximate surface area is 95.0 Å². The molecule has 0 amide bonds. The summed E-state index contributed by atoms with van der Waals surface area (Å²) < 4.78 is 19.1. The van der Waals surface area contributed by atoms with E-state index in [1.54, 1.807) is 0 Å². The third kappa shape index (κ3) is 1.59.